The maximum Gasteiger partial charge on any atom is 0.219 e. The molecular formula is C16H25N3O2. The Morgan fingerprint density at radius 2 is 2.14 bits per heavy atom. The average Bonchev–Trinajstić information content (AvgIpc) is 2.73. The van der Waals surface area contributed by atoms with Crippen LogP contribution in [0.25, 0.3) is 0 Å². The van der Waals surface area contributed by atoms with Gasteiger partial charge in [-0.15, -0.1) is 0 Å². The summed E-state index contributed by atoms with van der Waals surface area (Å²) in [5, 5.41) is 0. The van der Waals surface area contributed by atoms with Gasteiger partial charge in [-0.25, -0.2) is 0 Å². The summed E-state index contributed by atoms with van der Waals surface area (Å²) < 4.78 is 5.79. The second kappa shape index (κ2) is 8.00. The second-order valence-corrected chi connectivity index (χ2v) is 5.40. The number of benzene rings is 1. The zero-order valence-corrected chi connectivity index (χ0v) is 12.8. The van der Waals surface area contributed by atoms with Crippen molar-refractivity contribution in [3.8, 4) is 5.75 Å². The van der Waals surface area contributed by atoms with Crippen LogP contribution >= 0.6 is 0 Å². The van der Waals surface area contributed by atoms with E-state index in [0.717, 1.165) is 50.5 Å². The summed E-state index contributed by atoms with van der Waals surface area (Å²) in [7, 11) is 0. The Labute approximate surface area is 126 Å². The van der Waals surface area contributed by atoms with Crippen LogP contribution in [0.5, 0.6) is 5.75 Å². The number of hydrogen-bond acceptors (Lipinski definition) is 4. The average molecular weight is 291 g/mol. The van der Waals surface area contributed by atoms with Crippen molar-refractivity contribution >= 4 is 5.91 Å². The molecule has 1 aliphatic heterocycles. The summed E-state index contributed by atoms with van der Waals surface area (Å²) in [4.78, 5) is 15.7. The molecule has 1 aromatic carbocycles. The second-order valence-electron chi connectivity index (χ2n) is 5.40. The van der Waals surface area contributed by atoms with Gasteiger partial charge in [0.15, 0.2) is 0 Å². The maximum atomic E-state index is 11.4. The van der Waals surface area contributed by atoms with Crippen molar-refractivity contribution in [3.05, 3.63) is 29.8 Å². The molecule has 1 amide bonds. The standard InChI is InChI=1S/C16H25N3O2/c1-14(20)19-7-3-6-18(8-9-19)10-11-21-16-5-2-4-15(12-16)13-17/h2,4-5,12H,3,6-11,13,17H2,1H3. The summed E-state index contributed by atoms with van der Waals surface area (Å²) in [6, 6.07) is 7.91. The van der Waals surface area contributed by atoms with Crippen LogP contribution in [0.2, 0.25) is 0 Å². The quantitative estimate of drug-likeness (QED) is 0.882. The largest absolute Gasteiger partial charge is 0.492 e. The smallest absolute Gasteiger partial charge is 0.219 e. The highest BCUT2D eigenvalue weighted by Crippen LogP contribution is 2.13. The first kappa shape index (κ1) is 15.8. The van der Waals surface area contributed by atoms with Crippen LogP contribution in [0.3, 0.4) is 0 Å². The Balaban J connectivity index is 1.74. The molecule has 5 nitrogen and oxygen atoms in total. The normalized spacial score (nSPS) is 16.6. The highest BCUT2D eigenvalue weighted by atomic mass is 16.5. The first-order chi connectivity index (χ1) is 10.2. The summed E-state index contributed by atoms with van der Waals surface area (Å²) in [6.45, 7) is 7.35. The molecule has 0 unspecified atom stereocenters. The van der Waals surface area contributed by atoms with Gasteiger partial charge in [-0.05, 0) is 24.1 Å². The van der Waals surface area contributed by atoms with Gasteiger partial charge in [-0.3, -0.25) is 9.69 Å². The fraction of sp³-hybridized carbons (Fsp3) is 0.562. The first-order valence-electron chi connectivity index (χ1n) is 7.58. The number of carbonyl (C=O) groups excluding carboxylic acids is 1. The molecule has 0 spiro atoms. The Bertz CT molecular complexity index is 465. The lowest BCUT2D eigenvalue weighted by atomic mass is 10.2. The minimum Gasteiger partial charge on any atom is -0.492 e. The molecule has 5 heteroatoms. The topological polar surface area (TPSA) is 58.8 Å². The van der Waals surface area contributed by atoms with Crippen molar-refractivity contribution in [2.75, 3.05) is 39.3 Å². The minimum atomic E-state index is 0.173. The van der Waals surface area contributed by atoms with E-state index in [-0.39, 0.29) is 5.91 Å². The zero-order valence-electron chi connectivity index (χ0n) is 12.8. The van der Waals surface area contributed by atoms with E-state index in [2.05, 4.69) is 4.90 Å². The molecule has 0 saturated carbocycles. The summed E-state index contributed by atoms with van der Waals surface area (Å²) in [5.74, 6) is 1.05. The Hall–Kier alpha value is -1.59. The van der Waals surface area contributed by atoms with E-state index in [9.17, 15) is 4.79 Å². The molecule has 1 saturated heterocycles. The van der Waals surface area contributed by atoms with Crippen molar-refractivity contribution in [1.29, 1.82) is 0 Å². The van der Waals surface area contributed by atoms with Gasteiger partial charge in [0.1, 0.15) is 12.4 Å². The Kier molecular flexibility index (Phi) is 6.02. The van der Waals surface area contributed by atoms with Gasteiger partial charge in [-0.1, -0.05) is 12.1 Å². The van der Waals surface area contributed by atoms with Crippen LogP contribution in [0.15, 0.2) is 24.3 Å². The van der Waals surface area contributed by atoms with Crippen LogP contribution < -0.4 is 10.5 Å². The molecule has 1 aromatic rings. The van der Waals surface area contributed by atoms with Crippen LogP contribution in [0, 0.1) is 0 Å². The number of rotatable bonds is 5. The molecule has 1 heterocycles. The number of ether oxygens (including phenoxy) is 1. The SMILES string of the molecule is CC(=O)N1CCCN(CCOc2cccc(CN)c2)CC1. The van der Waals surface area contributed by atoms with Crippen LogP contribution in [-0.2, 0) is 11.3 Å². The van der Waals surface area contributed by atoms with E-state index in [0.29, 0.717) is 13.2 Å². The van der Waals surface area contributed by atoms with Crippen LogP contribution in [0.1, 0.15) is 18.9 Å². The van der Waals surface area contributed by atoms with Gasteiger partial charge in [0, 0.05) is 46.2 Å². The lowest BCUT2D eigenvalue weighted by molar-refractivity contribution is -0.128. The highest BCUT2D eigenvalue weighted by molar-refractivity contribution is 5.73. The fourth-order valence-corrected chi connectivity index (χ4v) is 2.56. The molecule has 0 aromatic heterocycles. The molecule has 0 bridgehead atoms. The molecule has 2 N–H and O–H groups in total. The number of nitrogens with zero attached hydrogens (tertiary/aromatic N) is 2. The monoisotopic (exact) mass is 291 g/mol. The summed E-state index contributed by atoms with van der Waals surface area (Å²) in [5.41, 5.74) is 6.71. The number of hydrogen-bond donors (Lipinski definition) is 1. The molecule has 0 atom stereocenters. The van der Waals surface area contributed by atoms with Crippen LogP contribution in [-0.4, -0.2) is 55.0 Å². The molecular weight excluding hydrogens is 266 g/mol. The summed E-state index contributed by atoms with van der Waals surface area (Å²) in [6.07, 6.45) is 1.03. The van der Waals surface area contributed by atoms with Gasteiger partial charge in [0.05, 0.1) is 0 Å². The predicted octanol–water partition coefficient (Wildman–Crippen LogP) is 1.08. The summed E-state index contributed by atoms with van der Waals surface area (Å²) >= 11 is 0. The van der Waals surface area contributed by atoms with Gasteiger partial charge in [-0.2, -0.15) is 0 Å². The van der Waals surface area contributed by atoms with Crippen molar-refractivity contribution < 1.29 is 9.53 Å². The molecule has 1 fully saturated rings. The van der Waals surface area contributed by atoms with Gasteiger partial charge >= 0.3 is 0 Å². The minimum absolute atomic E-state index is 0.173. The maximum absolute atomic E-state index is 11.4. The third kappa shape index (κ3) is 5.02. The van der Waals surface area contributed by atoms with Crippen molar-refractivity contribution in [3.63, 3.8) is 0 Å². The third-order valence-corrected chi connectivity index (χ3v) is 3.84. The predicted molar refractivity (Wildman–Crippen MR) is 83.1 cm³/mol. The zero-order chi connectivity index (χ0) is 15.1. The first-order valence-corrected chi connectivity index (χ1v) is 7.58. The number of amides is 1. The van der Waals surface area contributed by atoms with Crippen molar-refractivity contribution in [2.24, 2.45) is 5.73 Å². The molecule has 116 valence electrons. The van der Waals surface area contributed by atoms with Gasteiger partial charge in [0.25, 0.3) is 0 Å². The number of nitrogens with two attached hydrogens (primary N) is 1. The molecule has 0 aliphatic carbocycles. The molecule has 2 rings (SSSR count). The molecule has 0 radical (unpaired) electrons. The van der Waals surface area contributed by atoms with E-state index in [1.807, 2.05) is 29.2 Å². The Morgan fingerprint density at radius 1 is 1.29 bits per heavy atom. The van der Waals surface area contributed by atoms with E-state index in [1.54, 1.807) is 6.92 Å². The molecule has 21 heavy (non-hydrogen) atoms. The van der Waals surface area contributed by atoms with E-state index >= 15 is 0 Å². The van der Waals surface area contributed by atoms with Crippen LogP contribution in [0.4, 0.5) is 0 Å². The Morgan fingerprint density at radius 3 is 2.90 bits per heavy atom. The lowest BCUT2D eigenvalue weighted by Gasteiger charge is -2.21. The molecule has 1 aliphatic rings. The third-order valence-electron chi connectivity index (χ3n) is 3.84. The fourth-order valence-electron chi connectivity index (χ4n) is 2.56. The van der Waals surface area contributed by atoms with Gasteiger partial charge in [0.2, 0.25) is 5.91 Å². The van der Waals surface area contributed by atoms with E-state index in [1.165, 1.54) is 0 Å². The van der Waals surface area contributed by atoms with E-state index < -0.39 is 0 Å². The number of carbonyl (C=O) groups is 1. The van der Waals surface area contributed by atoms with Crippen molar-refractivity contribution in [2.45, 2.75) is 19.9 Å². The van der Waals surface area contributed by atoms with Crippen molar-refractivity contribution in [1.82, 2.24) is 9.80 Å². The van der Waals surface area contributed by atoms with E-state index in [4.69, 9.17) is 10.5 Å². The highest BCUT2D eigenvalue weighted by Gasteiger charge is 2.16. The van der Waals surface area contributed by atoms with Gasteiger partial charge < -0.3 is 15.4 Å². The lowest BCUT2D eigenvalue weighted by Crippen LogP contribution is -2.35.